The average molecular weight is 453 g/mol. The van der Waals surface area contributed by atoms with Crippen molar-refractivity contribution in [2.45, 2.75) is 18.6 Å². The highest BCUT2D eigenvalue weighted by atomic mass is 35.5. The molecule has 0 aromatic heterocycles. The minimum absolute atomic E-state index is 0.00321. The van der Waals surface area contributed by atoms with Crippen molar-refractivity contribution < 1.29 is 33.3 Å². The molecule has 31 heavy (non-hydrogen) atoms. The Hall–Kier alpha value is -3.04. The van der Waals surface area contributed by atoms with Crippen LogP contribution in [0.1, 0.15) is 6.42 Å². The fourth-order valence-electron chi connectivity index (χ4n) is 2.73. The highest BCUT2D eigenvalue weighted by Crippen LogP contribution is 2.30. The first-order chi connectivity index (χ1) is 14.9. The van der Waals surface area contributed by atoms with Gasteiger partial charge in [0, 0.05) is 19.2 Å². The first kappa shape index (κ1) is 22.6. The van der Waals surface area contributed by atoms with Crippen molar-refractivity contribution in [3.05, 3.63) is 53.3 Å². The van der Waals surface area contributed by atoms with E-state index in [0.717, 1.165) is 6.07 Å². The lowest BCUT2D eigenvalue weighted by molar-refractivity contribution is -0.131. The highest BCUT2D eigenvalue weighted by Gasteiger charge is 2.27. The van der Waals surface area contributed by atoms with Gasteiger partial charge in [0.15, 0.2) is 18.1 Å². The van der Waals surface area contributed by atoms with Crippen LogP contribution in [0.25, 0.3) is 0 Å². The summed E-state index contributed by atoms with van der Waals surface area (Å²) in [5.41, 5.74) is 0. The van der Waals surface area contributed by atoms with Crippen molar-refractivity contribution in [3.63, 3.8) is 0 Å². The van der Waals surface area contributed by atoms with Gasteiger partial charge in [-0.05, 0) is 30.7 Å². The van der Waals surface area contributed by atoms with E-state index < -0.39 is 29.8 Å². The molecule has 2 aromatic rings. The standard InChI is InChI=1S/C21H22ClFN2O6/c22-15-6-5-14(9-16(15)23)29-12-20(27)24-8-7-13(26)10-25-21(28)19-11-30-17-3-1-2-4-18(17)31-19/h1-6,9,13,19,26H,7-8,10-12H2,(H,24,27)(H,25,28)/t13-,19+/m0/s1. The Bertz CT molecular complexity index is 928. The number of aliphatic hydroxyl groups excluding tert-OH is 1. The SMILES string of the molecule is O=C(COc1ccc(Cl)c(F)c1)NCC[C@H](O)CNC(=O)[C@H]1COc2ccccc2O1. The zero-order valence-electron chi connectivity index (χ0n) is 16.5. The zero-order valence-corrected chi connectivity index (χ0v) is 17.2. The number of carbonyl (C=O) groups excluding carboxylic acids is 2. The lowest BCUT2D eigenvalue weighted by Crippen LogP contribution is -2.46. The van der Waals surface area contributed by atoms with Crippen LogP contribution in [-0.2, 0) is 9.59 Å². The third-order valence-corrected chi connectivity index (χ3v) is 4.68. The first-order valence-corrected chi connectivity index (χ1v) is 9.99. The number of hydrogen-bond donors (Lipinski definition) is 3. The third kappa shape index (κ3) is 6.73. The van der Waals surface area contributed by atoms with Gasteiger partial charge in [-0.25, -0.2) is 4.39 Å². The second kappa shape index (κ2) is 10.8. The summed E-state index contributed by atoms with van der Waals surface area (Å²) in [7, 11) is 0. The number of nitrogens with one attached hydrogen (secondary N) is 2. The summed E-state index contributed by atoms with van der Waals surface area (Å²) >= 11 is 5.58. The molecule has 1 heterocycles. The van der Waals surface area contributed by atoms with Crippen molar-refractivity contribution in [3.8, 4) is 17.2 Å². The van der Waals surface area contributed by atoms with E-state index in [1.54, 1.807) is 24.3 Å². The maximum absolute atomic E-state index is 13.3. The number of para-hydroxylation sites is 2. The Morgan fingerprint density at radius 2 is 2.00 bits per heavy atom. The van der Waals surface area contributed by atoms with E-state index in [9.17, 15) is 19.1 Å². The smallest absolute Gasteiger partial charge is 0.264 e. The lowest BCUT2D eigenvalue weighted by Gasteiger charge is -2.25. The molecule has 10 heteroatoms. The molecular formula is C21H22ClFN2O6. The summed E-state index contributed by atoms with van der Waals surface area (Å²) < 4.78 is 29.6. The topological polar surface area (TPSA) is 106 Å². The maximum atomic E-state index is 13.3. The number of hydrogen-bond acceptors (Lipinski definition) is 6. The summed E-state index contributed by atoms with van der Waals surface area (Å²) in [5, 5.41) is 15.1. The van der Waals surface area contributed by atoms with Gasteiger partial charge in [0.25, 0.3) is 11.8 Å². The molecule has 0 saturated heterocycles. The Morgan fingerprint density at radius 1 is 1.23 bits per heavy atom. The largest absolute Gasteiger partial charge is 0.485 e. The van der Waals surface area contributed by atoms with Gasteiger partial charge >= 0.3 is 0 Å². The summed E-state index contributed by atoms with van der Waals surface area (Å²) in [6.07, 6.45) is -1.46. The van der Waals surface area contributed by atoms with Crippen LogP contribution in [0, 0.1) is 5.82 Å². The summed E-state index contributed by atoms with van der Waals surface area (Å²) in [6, 6.07) is 10.9. The van der Waals surface area contributed by atoms with Crippen LogP contribution in [0.15, 0.2) is 42.5 Å². The molecule has 1 aliphatic rings. The van der Waals surface area contributed by atoms with E-state index >= 15 is 0 Å². The predicted molar refractivity (Wildman–Crippen MR) is 110 cm³/mol. The molecule has 0 saturated carbocycles. The van der Waals surface area contributed by atoms with Crippen LogP contribution >= 0.6 is 11.6 Å². The van der Waals surface area contributed by atoms with Gasteiger partial charge in [0.05, 0.1) is 11.1 Å². The Morgan fingerprint density at radius 3 is 2.77 bits per heavy atom. The predicted octanol–water partition coefficient (Wildman–Crippen LogP) is 1.68. The van der Waals surface area contributed by atoms with Crippen molar-refractivity contribution >= 4 is 23.4 Å². The summed E-state index contributed by atoms with van der Waals surface area (Å²) in [5.74, 6) is -0.233. The number of carbonyl (C=O) groups is 2. The van der Waals surface area contributed by atoms with Gasteiger partial charge in [-0.1, -0.05) is 23.7 Å². The van der Waals surface area contributed by atoms with Crippen LogP contribution in [-0.4, -0.2) is 55.4 Å². The molecule has 0 radical (unpaired) electrons. The van der Waals surface area contributed by atoms with Crippen molar-refractivity contribution in [1.82, 2.24) is 10.6 Å². The zero-order chi connectivity index (χ0) is 22.2. The van der Waals surface area contributed by atoms with Crippen LogP contribution in [0.3, 0.4) is 0 Å². The van der Waals surface area contributed by atoms with Crippen LogP contribution < -0.4 is 24.8 Å². The minimum Gasteiger partial charge on any atom is -0.485 e. The third-order valence-electron chi connectivity index (χ3n) is 4.37. The number of rotatable bonds is 9. The second-order valence-corrected chi connectivity index (χ2v) is 7.17. The van der Waals surface area contributed by atoms with Gasteiger partial charge in [-0.3, -0.25) is 9.59 Å². The van der Waals surface area contributed by atoms with Crippen LogP contribution in [0.4, 0.5) is 4.39 Å². The van der Waals surface area contributed by atoms with Gasteiger partial charge < -0.3 is 30.0 Å². The van der Waals surface area contributed by atoms with E-state index in [-0.39, 0.29) is 43.5 Å². The molecule has 2 amide bonds. The summed E-state index contributed by atoms with van der Waals surface area (Å²) in [4.78, 5) is 24.0. The van der Waals surface area contributed by atoms with Crippen molar-refractivity contribution in [2.75, 3.05) is 26.3 Å². The van der Waals surface area contributed by atoms with Crippen molar-refractivity contribution in [1.29, 1.82) is 0 Å². The second-order valence-electron chi connectivity index (χ2n) is 6.77. The quantitative estimate of drug-likeness (QED) is 0.534. The molecule has 1 aliphatic heterocycles. The van der Waals surface area contributed by atoms with Crippen LogP contribution in [0.5, 0.6) is 17.2 Å². The van der Waals surface area contributed by atoms with Gasteiger partial charge in [0.1, 0.15) is 18.2 Å². The van der Waals surface area contributed by atoms with Gasteiger partial charge in [0.2, 0.25) is 6.10 Å². The number of ether oxygens (including phenoxy) is 3. The Labute approximate surface area is 183 Å². The van der Waals surface area contributed by atoms with E-state index in [4.69, 9.17) is 25.8 Å². The molecular weight excluding hydrogens is 431 g/mol. The molecule has 0 spiro atoms. The van der Waals surface area contributed by atoms with Crippen molar-refractivity contribution in [2.24, 2.45) is 0 Å². The number of halogens is 2. The first-order valence-electron chi connectivity index (χ1n) is 9.61. The number of amides is 2. The van der Waals surface area contributed by atoms with E-state index in [1.807, 2.05) is 0 Å². The normalized spacial score (nSPS) is 15.6. The molecule has 0 fully saturated rings. The monoisotopic (exact) mass is 452 g/mol. The maximum Gasteiger partial charge on any atom is 0.264 e. The van der Waals surface area contributed by atoms with E-state index in [0.29, 0.717) is 11.5 Å². The van der Waals surface area contributed by atoms with Gasteiger partial charge in [-0.2, -0.15) is 0 Å². The fourth-order valence-corrected chi connectivity index (χ4v) is 2.85. The molecule has 0 aliphatic carbocycles. The molecule has 8 nitrogen and oxygen atoms in total. The Kier molecular flexibility index (Phi) is 7.91. The minimum atomic E-state index is -0.868. The molecule has 2 aromatic carbocycles. The molecule has 2 atom stereocenters. The molecule has 0 unspecified atom stereocenters. The number of benzene rings is 2. The fraction of sp³-hybridized carbons (Fsp3) is 0.333. The molecule has 0 bridgehead atoms. The average Bonchev–Trinajstić information content (AvgIpc) is 2.78. The highest BCUT2D eigenvalue weighted by molar-refractivity contribution is 6.30. The Balaban J connectivity index is 1.30. The summed E-state index contributed by atoms with van der Waals surface area (Å²) in [6.45, 7) is -0.0672. The number of fused-ring (bicyclic) bond motifs is 1. The molecule has 3 rings (SSSR count). The van der Waals surface area contributed by atoms with Crippen LogP contribution in [0.2, 0.25) is 5.02 Å². The van der Waals surface area contributed by atoms with E-state index in [1.165, 1.54) is 12.1 Å². The number of aliphatic hydroxyl groups is 1. The molecule has 166 valence electrons. The molecule has 3 N–H and O–H groups in total. The van der Waals surface area contributed by atoms with E-state index in [2.05, 4.69) is 10.6 Å². The lowest BCUT2D eigenvalue weighted by atomic mass is 10.2. The van der Waals surface area contributed by atoms with Gasteiger partial charge in [-0.15, -0.1) is 0 Å².